The molecule has 30 heavy (non-hydrogen) atoms. The predicted octanol–water partition coefficient (Wildman–Crippen LogP) is 4.83. The molecule has 4 atom stereocenters. The van der Waals surface area contributed by atoms with E-state index >= 15 is 0 Å². The van der Waals surface area contributed by atoms with Crippen molar-refractivity contribution in [2.45, 2.75) is 103 Å². The van der Waals surface area contributed by atoms with E-state index in [0.29, 0.717) is 25.2 Å². The van der Waals surface area contributed by atoms with E-state index in [1.54, 1.807) is 19.4 Å². The molecule has 3 heteroatoms. The zero-order chi connectivity index (χ0) is 21.6. The van der Waals surface area contributed by atoms with Crippen LogP contribution < -0.4 is 0 Å². The molecule has 3 saturated carbocycles. The highest BCUT2D eigenvalue weighted by molar-refractivity contribution is 5.40. The van der Waals surface area contributed by atoms with Crippen LogP contribution in [0.4, 0.5) is 0 Å². The van der Waals surface area contributed by atoms with Gasteiger partial charge in [0.25, 0.3) is 0 Å². The Labute approximate surface area is 182 Å². The topological polar surface area (TPSA) is 60.7 Å². The average Bonchev–Trinajstić information content (AvgIpc) is 3.31. The highest BCUT2D eigenvalue weighted by Crippen LogP contribution is 2.67. The van der Waals surface area contributed by atoms with Gasteiger partial charge in [0, 0.05) is 11.8 Å². The van der Waals surface area contributed by atoms with Crippen LogP contribution in [0.2, 0.25) is 0 Å². The lowest BCUT2D eigenvalue weighted by atomic mass is 9.61. The van der Waals surface area contributed by atoms with Crippen molar-refractivity contribution in [2.75, 3.05) is 0 Å². The summed E-state index contributed by atoms with van der Waals surface area (Å²) in [7, 11) is 0. The van der Waals surface area contributed by atoms with Crippen LogP contribution in [0.3, 0.4) is 0 Å². The molecule has 0 radical (unpaired) electrons. The first-order chi connectivity index (χ1) is 14.1. The molecular formula is C27H38O3. The molecule has 0 heterocycles. The van der Waals surface area contributed by atoms with E-state index in [1.807, 2.05) is 0 Å². The van der Waals surface area contributed by atoms with E-state index in [-0.39, 0.29) is 10.8 Å². The van der Waals surface area contributed by atoms with Crippen molar-refractivity contribution in [2.24, 2.45) is 16.7 Å². The third kappa shape index (κ3) is 4.47. The summed E-state index contributed by atoms with van der Waals surface area (Å²) in [4.78, 5) is 0. The second-order valence-electron chi connectivity index (χ2n) is 11.0. The summed E-state index contributed by atoms with van der Waals surface area (Å²) in [6.07, 6.45) is 16.1. The van der Waals surface area contributed by atoms with Gasteiger partial charge in [-0.15, -0.1) is 0 Å². The number of allylic oxidation sites excluding steroid dienone is 5. The molecule has 164 valence electrons. The first-order valence-corrected chi connectivity index (χ1v) is 11.8. The van der Waals surface area contributed by atoms with Crippen LogP contribution in [0.25, 0.3) is 0 Å². The van der Waals surface area contributed by atoms with Gasteiger partial charge in [0.05, 0.1) is 12.2 Å². The highest BCUT2D eigenvalue weighted by atomic mass is 16.3. The highest BCUT2D eigenvalue weighted by Gasteiger charge is 2.56. The maximum Gasteiger partial charge on any atom is 0.119 e. The normalized spacial score (nSPS) is 38.1. The van der Waals surface area contributed by atoms with Gasteiger partial charge in [0.1, 0.15) is 5.60 Å². The lowest BCUT2D eigenvalue weighted by Gasteiger charge is -2.43. The maximum absolute atomic E-state index is 9.97. The molecule has 4 rings (SSSR count). The van der Waals surface area contributed by atoms with Crippen molar-refractivity contribution in [3.05, 3.63) is 34.9 Å². The van der Waals surface area contributed by atoms with E-state index in [1.165, 1.54) is 36.8 Å². The van der Waals surface area contributed by atoms with Crippen molar-refractivity contribution in [1.29, 1.82) is 0 Å². The fourth-order valence-corrected chi connectivity index (χ4v) is 6.29. The van der Waals surface area contributed by atoms with Gasteiger partial charge in [-0.2, -0.15) is 0 Å². The van der Waals surface area contributed by atoms with Crippen LogP contribution >= 0.6 is 0 Å². The lowest BCUT2D eigenvalue weighted by molar-refractivity contribution is 0.0609. The number of rotatable bonds is 3. The van der Waals surface area contributed by atoms with Crippen LogP contribution in [0.15, 0.2) is 34.9 Å². The Bertz CT molecular complexity index is 812. The summed E-state index contributed by atoms with van der Waals surface area (Å²) < 4.78 is 0. The minimum atomic E-state index is -0.916. The van der Waals surface area contributed by atoms with Crippen molar-refractivity contribution in [3.8, 4) is 11.8 Å². The lowest BCUT2D eigenvalue weighted by Crippen LogP contribution is -2.33. The monoisotopic (exact) mass is 410 g/mol. The van der Waals surface area contributed by atoms with Crippen LogP contribution in [-0.2, 0) is 0 Å². The van der Waals surface area contributed by atoms with E-state index in [4.69, 9.17) is 0 Å². The Morgan fingerprint density at radius 1 is 1.13 bits per heavy atom. The van der Waals surface area contributed by atoms with E-state index in [0.717, 1.165) is 19.3 Å². The number of hydrogen-bond donors (Lipinski definition) is 3. The molecule has 4 aliphatic carbocycles. The standard InChI is InChI=1S/C27H38O3/c1-25(2,30)11-5-13-27(14-15-27)24-10-9-23-20(6-4-12-26(23,24)3)8-7-19-16-21(28)18-22(29)17-19/h7-8,10,21-23,28-30H,4,6,9,12-18H2,1-3H3/b19-7?,20-8+/t21-,22?,23?,26+/m1/s1. The first-order valence-electron chi connectivity index (χ1n) is 11.8. The second-order valence-corrected chi connectivity index (χ2v) is 11.0. The van der Waals surface area contributed by atoms with Crippen molar-refractivity contribution in [3.63, 3.8) is 0 Å². The van der Waals surface area contributed by atoms with E-state index < -0.39 is 17.8 Å². The number of aliphatic hydroxyl groups is 3. The summed E-state index contributed by atoms with van der Waals surface area (Å²) in [6.45, 7) is 5.97. The Morgan fingerprint density at radius 3 is 2.47 bits per heavy atom. The number of fused-ring (bicyclic) bond motifs is 1. The average molecular weight is 411 g/mol. The SMILES string of the molecule is CC(C)(O)C#CCC1(C2=CCC3/C(=C/C=C4CC(O)C[C@H](O)C4)CCC[C@]23C)CC1. The molecule has 2 unspecified atom stereocenters. The first kappa shape index (κ1) is 21.9. The molecule has 0 aromatic carbocycles. The minimum absolute atomic E-state index is 0.223. The second kappa shape index (κ2) is 7.97. The Hall–Kier alpha value is -1.34. The van der Waals surface area contributed by atoms with Gasteiger partial charge in [-0.1, -0.05) is 53.7 Å². The molecule has 0 bridgehead atoms. The molecular weight excluding hydrogens is 372 g/mol. The number of aliphatic hydroxyl groups excluding tert-OH is 2. The summed E-state index contributed by atoms with van der Waals surface area (Å²) >= 11 is 0. The van der Waals surface area contributed by atoms with Gasteiger partial charge in [-0.05, 0) is 83.0 Å². The molecule has 0 spiro atoms. The largest absolute Gasteiger partial charge is 0.393 e. The van der Waals surface area contributed by atoms with Gasteiger partial charge < -0.3 is 15.3 Å². The summed E-state index contributed by atoms with van der Waals surface area (Å²) in [5.74, 6) is 6.88. The molecule has 0 aromatic rings. The minimum Gasteiger partial charge on any atom is -0.393 e. The van der Waals surface area contributed by atoms with Gasteiger partial charge in [0.15, 0.2) is 0 Å². The molecule has 3 fully saturated rings. The van der Waals surface area contributed by atoms with Crippen LogP contribution in [0.5, 0.6) is 0 Å². The molecule has 4 aliphatic rings. The van der Waals surface area contributed by atoms with Gasteiger partial charge in [-0.3, -0.25) is 0 Å². The van der Waals surface area contributed by atoms with Gasteiger partial charge in [0.2, 0.25) is 0 Å². The zero-order valence-corrected chi connectivity index (χ0v) is 18.9. The molecule has 0 amide bonds. The summed E-state index contributed by atoms with van der Waals surface area (Å²) in [5, 5.41) is 29.9. The fraction of sp³-hybridized carbons (Fsp3) is 0.704. The van der Waals surface area contributed by atoms with E-state index in [9.17, 15) is 15.3 Å². The smallest absolute Gasteiger partial charge is 0.119 e. The Balaban J connectivity index is 1.51. The summed E-state index contributed by atoms with van der Waals surface area (Å²) in [5.41, 5.74) is 3.89. The van der Waals surface area contributed by atoms with E-state index in [2.05, 4.69) is 37.0 Å². The Kier molecular flexibility index (Phi) is 5.81. The number of hydrogen-bond acceptors (Lipinski definition) is 3. The molecule has 3 N–H and O–H groups in total. The predicted molar refractivity (Wildman–Crippen MR) is 121 cm³/mol. The third-order valence-corrected chi connectivity index (χ3v) is 7.87. The van der Waals surface area contributed by atoms with Crippen LogP contribution in [0, 0.1) is 28.6 Å². The Morgan fingerprint density at radius 2 is 1.83 bits per heavy atom. The molecule has 0 saturated heterocycles. The van der Waals surface area contributed by atoms with Crippen LogP contribution in [-0.4, -0.2) is 33.1 Å². The van der Waals surface area contributed by atoms with Crippen molar-refractivity contribution < 1.29 is 15.3 Å². The van der Waals surface area contributed by atoms with Crippen LogP contribution in [0.1, 0.15) is 85.0 Å². The van der Waals surface area contributed by atoms with Gasteiger partial charge >= 0.3 is 0 Å². The fourth-order valence-electron chi connectivity index (χ4n) is 6.29. The zero-order valence-electron chi connectivity index (χ0n) is 18.9. The van der Waals surface area contributed by atoms with Gasteiger partial charge in [-0.25, -0.2) is 0 Å². The quantitative estimate of drug-likeness (QED) is 0.461. The molecule has 0 aliphatic heterocycles. The third-order valence-electron chi connectivity index (χ3n) is 7.87. The summed E-state index contributed by atoms with van der Waals surface area (Å²) in [6, 6.07) is 0. The maximum atomic E-state index is 9.97. The van der Waals surface area contributed by atoms with Crippen molar-refractivity contribution in [1.82, 2.24) is 0 Å². The molecule has 3 nitrogen and oxygen atoms in total. The molecule has 0 aromatic heterocycles. The van der Waals surface area contributed by atoms with Crippen molar-refractivity contribution >= 4 is 0 Å².